The van der Waals surface area contributed by atoms with Gasteiger partial charge in [0.15, 0.2) is 0 Å². The maximum absolute atomic E-state index is 12.1. The van der Waals surface area contributed by atoms with E-state index in [0.717, 1.165) is 23.6 Å². The van der Waals surface area contributed by atoms with E-state index in [1.54, 1.807) is 30.5 Å². The van der Waals surface area contributed by atoms with Gasteiger partial charge in [0, 0.05) is 24.7 Å². The zero-order valence-corrected chi connectivity index (χ0v) is 22.0. The molecular weight excluding hydrogens is 670 g/mol. The van der Waals surface area contributed by atoms with Crippen molar-refractivity contribution in [1.82, 2.24) is 5.43 Å². The molecular formula is C21H13Br2Cl2IN2O2. The number of hydrogen-bond acceptors (Lipinski definition) is 3. The van der Waals surface area contributed by atoms with Crippen LogP contribution in [0.4, 0.5) is 0 Å². The number of hydrogen-bond donors (Lipinski definition) is 1. The summed E-state index contributed by atoms with van der Waals surface area (Å²) in [4.78, 5) is 12.1. The van der Waals surface area contributed by atoms with Crippen LogP contribution in [-0.4, -0.2) is 12.1 Å². The summed E-state index contributed by atoms with van der Waals surface area (Å²) < 4.78 is 8.42. The van der Waals surface area contributed by atoms with Gasteiger partial charge in [-0.05, 0) is 109 Å². The van der Waals surface area contributed by atoms with Crippen molar-refractivity contribution in [2.75, 3.05) is 0 Å². The lowest BCUT2D eigenvalue weighted by Gasteiger charge is -2.12. The van der Waals surface area contributed by atoms with Crippen LogP contribution < -0.4 is 10.2 Å². The number of carbonyl (C=O) groups is 1. The van der Waals surface area contributed by atoms with Gasteiger partial charge in [-0.1, -0.05) is 29.3 Å². The highest BCUT2D eigenvalue weighted by Crippen LogP contribution is 2.35. The highest BCUT2D eigenvalue weighted by molar-refractivity contribution is 14.1. The molecule has 0 spiro atoms. The Balaban J connectivity index is 1.65. The normalized spacial score (nSPS) is 11.0. The van der Waals surface area contributed by atoms with Crippen LogP contribution in [-0.2, 0) is 6.61 Å². The third-order valence-corrected chi connectivity index (χ3v) is 6.38. The predicted molar refractivity (Wildman–Crippen MR) is 137 cm³/mol. The Kier molecular flexibility index (Phi) is 8.59. The lowest BCUT2D eigenvalue weighted by atomic mass is 10.2. The molecule has 0 saturated carbocycles. The van der Waals surface area contributed by atoms with Crippen molar-refractivity contribution in [3.8, 4) is 5.75 Å². The number of carbonyl (C=O) groups excluding carboxylic acids is 1. The van der Waals surface area contributed by atoms with Gasteiger partial charge in [0.05, 0.1) is 15.2 Å². The van der Waals surface area contributed by atoms with Crippen LogP contribution >= 0.6 is 77.7 Å². The second-order valence-corrected chi connectivity index (χ2v) is 9.84. The molecule has 1 amide bonds. The van der Waals surface area contributed by atoms with Crippen molar-refractivity contribution in [2.24, 2.45) is 5.10 Å². The third kappa shape index (κ3) is 6.43. The molecule has 0 aliphatic heterocycles. The molecule has 3 rings (SSSR count). The van der Waals surface area contributed by atoms with Gasteiger partial charge >= 0.3 is 0 Å². The summed E-state index contributed by atoms with van der Waals surface area (Å²) in [6, 6.07) is 16.2. The zero-order chi connectivity index (χ0) is 21.7. The maximum Gasteiger partial charge on any atom is 0.271 e. The molecule has 0 bridgehead atoms. The van der Waals surface area contributed by atoms with Crippen molar-refractivity contribution in [3.63, 3.8) is 0 Å². The summed E-state index contributed by atoms with van der Waals surface area (Å²) in [5, 5.41) is 5.14. The highest BCUT2D eigenvalue weighted by atomic mass is 127. The average molecular weight is 683 g/mol. The average Bonchev–Trinajstić information content (AvgIpc) is 2.69. The van der Waals surface area contributed by atoms with Gasteiger partial charge in [-0.25, -0.2) is 5.43 Å². The molecule has 0 aromatic heterocycles. The van der Waals surface area contributed by atoms with E-state index in [9.17, 15) is 4.79 Å². The van der Waals surface area contributed by atoms with Crippen molar-refractivity contribution in [3.05, 3.63) is 93.8 Å². The molecule has 9 heteroatoms. The number of rotatable bonds is 6. The van der Waals surface area contributed by atoms with Gasteiger partial charge in [0.1, 0.15) is 12.4 Å². The van der Waals surface area contributed by atoms with E-state index < -0.39 is 0 Å². The highest BCUT2D eigenvalue weighted by Gasteiger charge is 2.11. The molecule has 3 aromatic rings. The monoisotopic (exact) mass is 680 g/mol. The lowest BCUT2D eigenvalue weighted by Crippen LogP contribution is -2.17. The molecule has 154 valence electrons. The fourth-order valence-electron chi connectivity index (χ4n) is 2.41. The minimum atomic E-state index is -0.277. The first-order valence-electron chi connectivity index (χ1n) is 8.48. The smallest absolute Gasteiger partial charge is 0.271 e. The third-order valence-electron chi connectivity index (χ3n) is 3.89. The van der Waals surface area contributed by atoms with Gasteiger partial charge in [0.2, 0.25) is 0 Å². The van der Waals surface area contributed by atoms with E-state index in [2.05, 4.69) is 65.0 Å². The van der Waals surface area contributed by atoms with Gasteiger partial charge in [-0.3, -0.25) is 4.79 Å². The summed E-state index contributed by atoms with van der Waals surface area (Å²) in [7, 11) is 0. The van der Waals surface area contributed by atoms with E-state index >= 15 is 0 Å². The number of benzene rings is 3. The molecule has 0 aliphatic rings. The fourth-order valence-corrected chi connectivity index (χ4v) is 4.69. The van der Waals surface area contributed by atoms with Gasteiger partial charge in [-0.15, -0.1) is 0 Å². The molecule has 3 aromatic carbocycles. The van der Waals surface area contributed by atoms with E-state index in [1.165, 1.54) is 0 Å². The summed E-state index contributed by atoms with van der Waals surface area (Å²) in [5.41, 5.74) is 4.65. The molecule has 0 atom stereocenters. The summed E-state index contributed by atoms with van der Waals surface area (Å²) in [6.07, 6.45) is 1.56. The Hall–Kier alpha value is -1.13. The van der Waals surface area contributed by atoms with Crippen LogP contribution in [0.3, 0.4) is 0 Å². The minimum absolute atomic E-state index is 0.277. The van der Waals surface area contributed by atoms with E-state index in [0.29, 0.717) is 21.4 Å². The first kappa shape index (κ1) is 23.5. The Morgan fingerprint density at radius 3 is 2.37 bits per heavy atom. The largest absolute Gasteiger partial charge is 0.486 e. The number of nitrogens with zero attached hydrogens (tertiary/aromatic N) is 1. The molecule has 0 heterocycles. The second-order valence-electron chi connectivity index (χ2n) is 6.04. The van der Waals surface area contributed by atoms with Crippen molar-refractivity contribution < 1.29 is 9.53 Å². The van der Waals surface area contributed by atoms with E-state index in [-0.39, 0.29) is 12.5 Å². The van der Waals surface area contributed by atoms with Crippen LogP contribution in [0.15, 0.2) is 68.6 Å². The summed E-state index contributed by atoms with van der Waals surface area (Å²) >= 11 is 21.3. The number of halogens is 5. The molecule has 4 nitrogen and oxygen atoms in total. The summed E-state index contributed by atoms with van der Waals surface area (Å²) in [6.45, 7) is 0.284. The first-order chi connectivity index (χ1) is 14.3. The van der Waals surface area contributed by atoms with Gasteiger partial charge in [-0.2, -0.15) is 5.10 Å². The predicted octanol–water partition coefficient (Wildman–Crippen LogP) is 7.47. The summed E-state index contributed by atoms with van der Waals surface area (Å²) in [5.74, 6) is 0.349. The maximum atomic E-state index is 12.1. The minimum Gasteiger partial charge on any atom is -0.486 e. The Morgan fingerprint density at radius 2 is 1.73 bits per heavy atom. The molecule has 0 radical (unpaired) electrons. The van der Waals surface area contributed by atoms with Crippen LogP contribution in [0.5, 0.6) is 5.75 Å². The van der Waals surface area contributed by atoms with Crippen molar-refractivity contribution in [1.29, 1.82) is 0 Å². The zero-order valence-electron chi connectivity index (χ0n) is 15.1. The number of hydrazone groups is 1. The second kappa shape index (κ2) is 10.9. The van der Waals surface area contributed by atoms with Crippen LogP contribution in [0.1, 0.15) is 21.5 Å². The quantitative estimate of drug-likeness (QED) is 0.167. The number of ether oxygens (including phenoxy) is 1. The molecule has 0 unspecified atom stereocenters. The topological polar surface area (TPSA) is 50.7 Å². The molecule has 30 heavy (non-hydrogen) atoms. The molecule has 0 saturated heterocycles. The van der Waals surface area contributed by atoms with Crippen molar-refractivity contribution in [2.45, 2.75) is 6.61 Å². The molecule has 1 N–H and O–H groups in total. The van der Waals surface area contributed by atoms with Gasteiger partial charge in [0.25, 0.3) is 5.91 Å². The van der Waals surface area contributed by atoms with E-state index in [1.807, 2.05) is 30.3 Å². The fraction of sp³-hybridized carbons (Fsp3) is 0.0476. The Labute approximate surface area is 214 Å². The number of nitrogens with one attached hydrogen (secondary N) is 1. The standard InChI is InChI=1S/C21H13Br2Cl2IN2O2/c22-17-7-12(10-27-28-21(29)13-2-5-16(26)6-3-13)8-18(23)20(17)30-11-14-1-4-15(24)9-19(14)25/h1-10H,11H2,(H,28,29)/b27-10-. The van der Waals surface area contributed by atoms with Gasteiger partial charge < -0.3 is 4.74 Å². The molecule has 0 fully saturated rings. The van der Waals surface area contributed by atoms with E-state index in [4.69, 9.17) is 27.9 Å². The Morgan fingerprint density at radius 1 is 1.07 bits per heavy atom. The van der Waals surface area contributed by atoms with Crippen LogP contribution in [0, 0.1) is 3.57 Å². The SMILES string of the molecule is O=C(N/N=C\c1cc(Br)c(OCc2ccc(Cl)cc2Cl)c(Br)c1)c1ccc(I)cc1. The van der Waals surface area contributed by atoms with Crippen molar-refractivity contribution >= 4 is 89.8 Å². The Bertz CT molecular complexity index is 1090. The number of amides is 1. The lowest BCUT2D eigenvalue weighted by molar-refractivity contribution is 0.0955. The van der Waals surface area contributed by atoms with Crippen LogP contribution in [0.25, 0.3) is 0 Å². The first-order valence-corrected chi connectivity index (χ1v) is 11.9. The molecule has 0 aliphatic carbocycles. The van der Waals surface area contributed by atoms with Crippen LogP contribution in [0.2, 0.25) is 10.0 Å².